The zero-order chi connectivity index (χ0) is 18.0. The van der Waals surface area contributed by atoms with Crippen LogP contribution in [0.2, 0.25) is 0 Å². The van der Waals surface area contributed by atoms with Crippen LogP contribution in [0.25, 0.3) is 10.9 Å². The zero-order valence-electron chi connectivity index (χ0n) is 13.3. The summed E-state index contributed by atoms with van der Waals surface area (Å²) in [6, 6.07) is 11.2. The lowest BCUT2D eigenvalue weighted by molar-refractivity contribution is -0.138. The molecule has 0 radical (unpaired) electrons. The summed E-state index contributed by atoms with van der Waals surface area (Å²) in [5, 5.41) is 10.3. The summed E-state index contributed by atoms with van der Waals surface area (Å²) in [6.45, 7) is 1.79. The van der Waals surface area contributed by atoms with E-state index in [9.17, 15) is 18.3 Å². The predicted molar refractivity (Wildman–Crippen MR) is 96.2 cm³/mol. The van der Waals surface area contributed by atoms with E-state index in [1.165, 1.54) is 6.07 Å². The van der Waals surface area contributed by atoms with E-state index in [4.69, 9.17) is 0 Å². The van der Waals surface area contributed by atoms with Crippen molar-refractivity contribution < 1.29 is 18.3 Å². The molecule has 2 aromatic heterocycles. The van der Waals surface area contributed by atoms with E-state index in [-0.39, 0.29) is 10.6 Å². The Morgan fingerprint density at radius 3 is 2.72 bits per heavy atom. The van der Waals surface area contributed by atoms with Gasteiger partial charge in [-0.15, -0.1) is 11.3 Å². The monoisotopic (exact) mass is 376 g/mol. The number of carbonyl (C=O) groups is 1. The number of aromatic nitrogens is 1. The van der Waals surface area contributed by atoms with Crippen LogP contribution in [0, 0.1) is 6.92 Å². The number of nitrogens with one attached hydrogen (secondary N) is 1. The summed E-state index contributed by atoms with van der Waals surface area (Å²) >= 11 is 1.10. The van der Waals surface area contributed by atoms with Gasteiger partial charge < -0.3 is 5.11 Å². The first-order valence-electron chi connectivity index (χ1n) is 7.50. The normalized spacial score (nSPS) is 13.0. The highest BCUT2D eigenvalue weighted by Gasteiger charge is 2.26. The summed E-state index contributed by atoms with van der Waals surface area (Å²) in [4.78, 5) is 16.7. The molecule has 0 spiro atoms. The molecule has 3 aromatic rings. The van der Waals surface area contributed by atoms with Gasteiger partial charge >= 0.3 is 5.97 Å². The first-order chi connectivity index (χ1) is 11.8. The van der Waals surface area contributed by atoms with Gasteiger partial charge in [-0.3, -0.25) is 9.78 Å². The highest BCUT2D eigenvalue weighted by atomic mass is 32.2. The first kappa shape index (κ1) is 17.5. The Morgan fingerprint density at radius 2 is 2.04 bits per heavy atom. The van der Waals surface area contributed by atoms with Crippen LogP contribution in [0.4, 0.5) is 0 Å². The fourth-order valence-corrected chi connectivity index (χ4v) is 4.93. The van der Waals surface area contributed by atoms with Crippen LogP contribution in [0.1, 0.15) is 10.4 Å². The van der Waals surface area contributed by atoms with Gasteiger partial charge in [-0.2, -0.15) is 4.72 Å². The van der Waals surface area contributed by atoms with Gasteiger partial charge in [-0.25, -0.2) is 8.42 Å². The molecule has 0 aliphatic heterocycles. The second-order valence-corrected chi connectivity index (χ2v) is 8.85. The third kappa shape index (κ3) is 4.04. The maximum atomic E-state index is 12.4. The minimum atomic E-state index is -3.88. The molecule has 0 fully saturated rings. The lowest BCUT2D eigenvalue weighted by atomic mass is 10.1. The number of para-hydroxylation sites is 1. The van der Waals surface area contributed by atoms with Gasteiger partial charge in [0.1, 0.15) is 10.3 Å². The quantitative estimate of drug-likeness (QED) is 0.689. The molecular weight excluding hydrogens is 360 g/mol. The Balaban J connectivity index is 1.84. The Bertz CT molecular complexity index is 1030. The van der Waals surface area contributed by atoms with Crippen molar-refractivity contribution in [2.24, 2.45) is 0 Å². The number of rotatable bonds is 6. The van der Waals surface area contributed by atoms with Crippen molar-refractivity contribution in [3.8, 4) is 0 Å². The van der Waals surface area contributed by atoms with Crippen molar-refractivity contribution in [3.63, 3.8) is 0 Å². The fourth-order valence-electron chi connectivity index (χ4n) is 2.45. The van der Waals surface area contributed by atoms with Crippen molar-refractivity contribution in [2.45, 2.75) is 23.6 Å². The van der Waals surface area contributed by atoms with Crippen LogP contribution in [0.15, 0.2) is 52.9 Å². The molecule has 1 unspecified atom stereocenters. The number of sulfonamides is 1. The molecule has 0 aliphatic carbocycles. The Labute approximate surface area is 149 Å². The highest BCUT2D eigenvalue weighted by molar-refractivity contribution is 7.91. The number of fused-ring (bicyclic) bond motifs is 1. The predicted octanol–water partition coefficient (Wildman–Crippen LogP) is 2.58. The average molecular weight is 376 g/mol. The molecule has 130 valence electrons. The molecule has 8 heteroatoms. The number of benzene rings is 1. The maximum absolute atomic E-state index is 12.4. The first-order valence-corrected chi connectivity index (χ1v) is 9.80. The van der Waals surface area contributed by atoms with Crippen molar-refractivity contribution in [2.75, 3.05) is 0 Å². The molecular formula is C17H16N2O4S2. The van der Waals surface area contributed by atoms with E-state index < -0.39 is 22.0 Å². The minimum absolute atomic E-state index is 0.0107. The molecule has 1 atom stereocenters. The topological polar surface area (TPSA) is 96.4 Å². The molecule has 0 amide bonds. The number of thiophene rings is 1. The van der Waals surface area contributed by atoms with Gasteiger partial charge in [0.15, 0.2) is 0 Å². The molecule has 25 heavy (non-hydrogen) atoms. The lowest BCUT2D eigenvalue weighted by Gasteiger charge is -2.14. The van der Waals surface area contributed by atoms with Crippen LogP contribution in [-0.2, 0) is 21.2 Å². The minimum Gasteiger partial charge on any atom is -0.480 e. The molecule has 1 aromatic carbocycles. The third-order valence-corrected chi connectivity index (χ3v) is 6.63. The second kappa shape index (κ2) is 6.91. The van der Waals surface area contributed by atoms with Gasteiger partial charge in [0.05, 0.1) is 5.52 Å². The number of aliphatic carboxylic acids is 1. The van der Waals surface area contributed by atoms with E-state index in [0.717, 1.165) is 27.1 Å². The van der Waals surface area contributed by atoms with Gasteiger partial charge in [-0.05, 0) is 36.8 Å². The maximum Gasteiger partial charge on any atom is 0.322 e. The number of hydrogen-bond acceptors (Lipinski definition) is 5. The number of aryl methyl sites for hydroxylation is 1. The number of nitrogens with zero attached hydrogens (tertiary/aromatic N) is 1. The van der Waals surface area contributed by atoms with Gasteiger partial charge in [0.25, 0.3) is 10.0 Å². The smallest absolute Gasteiger partial charge is 0.322 e. The van der Waals surface area contributed by atoms with E-state index in [0.29, 0.717) is 5.56 Å². The van der Waals surface area contributed by atoms with Crippen LogP contribution in [-0.4, -0.2) is 30.5 Å². The van der Waals surface area contributed by atoms with E-state index in [1.807, 2.05) is 30.3 Å². The molecule has 3 rings (SSSR count). The summed E-state index contributed by atoms with van der Waals surface area (Å²) in [5.41, 5.74) is 1.45. The molecule has 0 bridgehead atoms. The molecule has 2 N–H and O–H groups in total. The van der Waals surface area contributed by atoms with Crippen molar-refractivity contribution in [1.82, 2.24) is 9.71 Å². The molecule has 2 heterocycles. The van der Waals surface area contributed by atoms with Crippen molar-refractivity contribution >= 4 is 38.2 Å². The third-order valence-electron chi connectivity index (χ3n) is 3.66. The van der Waals surface area contributed by atoms with Gasteiger partial charge in [0, 0.05) is 22.9 Å². The van der Waals surface area contributed by atoms with E-state index in [1.54, 1.807) is 19.2 Å². The molecule has 0 saturated carbocycles. The summed E-state index contributed by atoms with van der Waals surface area (Å²) in [7, 11) is -3.88. The summed E-state index contributed by atoms with van der Waals surface area (Å²) < 4.78 is 27.1. The molecule has 0 saturated heterocycles. The van der Waals surface area contributed by atoms with Crippen LogP contribution in [0.5, 0.6) is 0 Å². The van der Waals surface area contributed by atoms with Crippen LogP contribution >= 0.6 is 11.3 Å². The standard InChI is InChI=1S/C17H16N2O4S2/c1-11-6-7-16(24-11)25(22,23)19-15(17(20)21)9-12-8-13-4-2-3-5-14(13)18-10-12/h2-8,10,15,19H,9H2,1H3,(H,20,21). The SMILES string of the molecule is Cc1ccc(S(=O)(=O)NC(Cc2cnc3ccccc3c2)C(=O)O)s1. The van der Waals surface area contributed by atoms with Crippen molar-refractivity contribution in [3.05, 3.63) is 59.1 Å². The largest absolute Gasteiger partial charge is 0.480 e. The summed E-state index contributed by atoms with van der Waals surface area (Å²) in [5.74, 6) is -1.23. The van der Waals surface area contributed by atoms with Gasteiger partial charge in [0.2, 0.25) is 0 Å². The van der Waals surface area contributed by atoms with Crippen LogP contribution < -0.4 is 4.72 Å². The number of carboxylic acids is 1. The van der Waals surface area contributed by atoms with Crippen molar-refractivity contribution in [1.29, 1.82) is 0 Å². The lowest BCUT2D eigenvalue weighted by Crippen LogP contribution is -2.42. The number of carboxylic acid groups (broad SMARTS) is 1. The number of pyridine rings is 1. The highest BCUT2D eigenvalue weighted by Crippen LogP contribution is 2.21. The Hall–Kier alpha value is -2.29. The zero-order valence-corrected chi connectivity index (χ0v) is 15.0. The summed E-state index contributed by atoms with van der Waals surface area (Å²) in [6.07, 6.45) is 1.58. The number of hydrogen-bond donors (Lipinski definition) is 2. The fraction of sp³-hybridized carbons (Fsp3) is 0.176. The second-order valence-electron chi connectivity index (χ2n) is 5.62. The van der Waals surface area contributed by atoms with E-state index >= 15 is 0 Å². The van der Waals surface area contributed by atoms with Crippen LogP contribution in [0.3, 0.4) is 0 Å². The average Bonchev–Trinajstić information content (AvgIpc) is 3.01. The Kier molecular flexibility index (Phi) is 4.85. The Morgan fingerprint density at radius 1 is 1.28 bits per heavy atom. The van der Waals surface area contributed by atoms with E-state index in [2.05, 4.69) is 9.71 Å². The molecule has 6 nitrogen and oxygen atoms in total. The molecule has 0 aliphatic rings. The van der Waals surface area contributed by atoms with Gasteiger partial charge in [-0.1, -0.05) is 18.2 Å².